The number of fused-ring (bicyclic) bond motifs is 1. The predicted molar refractivity (Wildman–Crippen MR) is 102 cm³/mol. The molecule has 0 unspecified atom stereocenters. The second-order valence-electron chi connectivity index (χ2n) is 6.52. The van der Waals surface area contributed by atoms with Crippen molar-refractivity contribution in [1.82, 2.24) is 29.5 Å². The highest BCUT2D eigenvalue weighted by Gasteiger charge is 2.15. The molecule has 6 nitrogen and oxygen atoms in total. The van der Waals surface area contributed by atoms with Crippen molar-refractivity contribution in [3.05, 3.63) is 90.5 Å². The average Bonchev–Trinajstić information content (AvgIpc) is 3.35. The van der Waals surface area contributed by atoms with Gasteiger partial charge in [0, 0.05) is 12.4 Å². The SMILES string of the molecule is Fc1ccccc1-c1nc2ccn(Cc3cn(-c4ccccc4F)nn3)cc-2n1. The van der Waals surface area contributed by atoms with Crippen LogP contribution in [0.15, 0.2) is 73.2 Å². The van der Waals surface area contributed by atoms with Gasteiger partial charge in [-0.1, -0.05) is 29.5 Å². The van der Waals surface area contributed by atoms with Crippen molar-refractivity contribution < 1.29 is 8.78 Å². The first-order valence-corrected chi connectivity index (χ1v) is 8.92. The van der Waals surface area contributed by atoms with Gasteiger partial charge in [0.05, 0.1) is 24.0 Å². The molecule has 0 saturated carbocycles. The molecule has 0 aliphatic carbocycles. The first kappa shape index (κ1) is 17.2. The lowest BCUT2D eigenvalue weighted by molar-refractivity contribution is 0.607. The number of hydrogen-bond donors (Lipinski definition) is 0. The summed E-state index contributed by atoms with van der Waals surface area (Å²) in [7, 11) is 0. The molecule has 2 aromatic carbocycles. The summed E-state index contributed by atoms with van der Waals surface area (Å²) in [6.45, 7) is 0.423. The molecule has 0 spiro atoms. The topological polar surface area (TPSA) is 61.4 Å². The van der Waals surface area contributed by atoms with E-state index in [9.17, 15) is 8.78 Å². The fourth-order valence-electron chi connectivity index (χ4n) is 3.13. The van der Waals surface area contributed by atoms with Crippen LogP contribution in [0.4, 0.5) is 8.78 Å². The summed E-state index contributed by atoms with van der Waals surface area (Å²) in [5, 5.41) is 8.12. The maximum atomic E-state index is 14.0. The Morgan fingerprint density at radius 1 is 0.793 bits per heavy atom. The molecule has 29 heavy (non-hydrogen) atoms. The van der Waals surface area contributed by atoms with Gasteiger partial charge in [0.1, 0.15) is 28.7 Å². The fraction of sp³-hybridized carbons (Fsp3) is 0.0476. The van der Waals surface area contributed by atoms with Crippen LogP contribution in [-0.4, -0.2) is 29.5 Å². The molecule has 1 aromatic heterocycles. The van der Waals surface area contributed by atoms with E-state index in [1.54, 1.807) is 42.6 Å². The van der Waals surface area contributed by atoms with Gasteiger partial charge in [-0.2, -0.15) is 0 Å². The summed E-state index contributed by atoms with van der Waals surface area (Å²) >= 11 is 0. The molecule has 0 N–H and O–H groups in total. The van der Waals surface area contributed by atoms with Gasteiger partial charge in [0.25, 0.3) is 0 Å². The van der Waals surface area contributed by atoms with Gasteiger partial charge >= 0.3 is 0 Å². The van der Waals surface area contributed by atoms with Gasteiger partial charge in [-0.25, -0.2) is 23.4 Å². The molecule has 0 amide bonds. The largest absolute Gasteiger partial charge is 0.346 e. The Kier molecular flexibility index (Phi) is 4.09. The molecular formula is C21H14F2N6. The molecule has 2 aliphatic rings. The third-order valence-electron chi connectivity index (χ3n) is 4.53. The minimum Gasteiger partial charge on any atom is -0.346 e. The summed E-state index contributed by atoms with van der Waals surface area (Å²) in [6, 6.07) is 14.6. The Bertz CT molecular complexity index is 1280. The predicted octanol–water partition coefficient (Wildman–Crippen LogP) is 3.96. The summed E-state index contributed by atoms with van der Waals surface area (Å²) in [5.74, 6) is -0.382. The number of aromatic nitrogens is 6. The number of pyridine rings is 1. The normalized spacial score (nSPS) is 11.2. The fourth-order valence-corrected chi connectivity index (χ4v) is 3.13. The van der Waals surface area contributed by atoms with E-state index in [0.717, 1.165) is 0 Å². The molecule has 142 valence electrons. The first-order chi connectivity index (χ1) is 14.2. The van der Waals surface area contributed by atoms with Crippen LogP contribution in [0.3, 0.4) is 0 Å². The molecule has 3 heterocycles. The van der Waals surface area contributed by atoms with E-state index >= 15 is 0 Å². The van der Waals surface area contributed by atoms with Crippen molar-refractivity contribution in [2.45, 2.75) is 6.54 Å². The molecule has 8 heteroatoms. The van der Waals surface area contributed by atoms with E-state index < -0.39 is 0 Å². The monoisotopic (exact) mass is 388 g/mol. The third kappa shape index (κ3) is 3.25. The Morgan fingerprint density at radius 3 is 2.38 bits per heavy atom. The van der Waals surface area contributed by atoms with E-state index in [-0.39, 0.29) is 11.6 Å². The van der Waals surface area contributed by atoms with Crippen LogP contribution in [-0.2, 0) is 6.54 Å². The van der Waals surface area contributed by atoms with Crippen molar-refractivity contribution in [2.24, 2.45) is 0 Å². The van der Waals surface area contributed by atoms with Crippen LogP contribution in [0.2, 0.25) is 0 Å². The maximum Gasteiger partial charge on any atom is 0.163 e. The number of rotatable bonds is 4. The lowest BCUT2D eigenvalue weighted by atomic mass is 10.2. The number of halogens is 2. The van der Waals surface area contributed by atoms with Gasteiger partial charge in [0.15, 0.2) is 5.82 Å². The molecular weight excluding hydrogens is 374 g/mol. The van der Waals surface area contributed by atoms with Crippen molar-refractivity contribution >= 4 is 0 Å². The van der Waals surface area contributed by atoms with Crippen LogP contribution in [0.5, 0.6) is 0 Å². The molecule has 0 radical (unpaired) electrons. The average molecular weight is 388 g/mol. The van der Waals surface area contributed by atoms with E-state index in [4.69, 9.17) is 0 Å². The van der Waals surface area contributed by atoms with Crippen LogP contribution in [0, 0.1) is 11.6 Å². The number of nitrogens with zero attached hydrogens (tertiary/aromatic N) is 6. The molecule has 0 bridgehead atoms. The van der Waals surface area contributed by atoms with Gasteiger partial charge in [0.2, 0.25) is 0 Å². The summed E-state index contributed by atoms with van der Waals surface area (Å²) in [4.78, 5) is 8.85. The smallest absolute Gasteiger partial charge is 0.163 e. The lowest BCUT2D eigenvalue weighted by Crippen LogP contribution is -2.01. The Balaban J connectivity index is 1.43. The second-order valence-corrected chi connectivity index (χ2v) is 6.52. The van der Waals surface area contributed by atoms with Crippen molar-refractivity contribution in [3.8, 4) is 28.5 Å². The van der Waals surface area contributed by atoms with Gasteiger partial charge in [-0.3, -0.25) is 0 Å². The maximum absolute atomic E-state index is 14.0. The van der Waals surface area contributed by atoms with E-state index in [1.165, 1.54) is 16.8 Å². The molecule has 0 atom stereocenters. The summed E-state index contributed by atoms with van der Waals surface area (Å²) in [6.07, 6.45) is 5.33. The van der Waals surface area contributed by atoms with E-state index in [1.807, 2.05) is 23.0 Å². The zero-order valence-electron chi connectivity index (χ0n) is 15.1. The van der Waals surface area contributed by atoms with E-state index in [2.05, 4.69) is 20.3 Å². The van der Waals surface area contributed by atoms with Crippen molar-refractivity contribution in [3.63, 3.8) is 0 Å². The first-order valence-electron chi connectivity index (χ1n) is 8.92. The minimum absolute atomic E-state index is 0.336. The quantitative estimate of drug-likeness (QED) is 0.468. The Hall–Kier alpha value is -3.94. The Morgan fingerprint density at radius 2 is 1.55 bits per heavy atom. The molecule has 0 fully saturated rings. The zero-order chi connectivity index (χ0) is 19.8. The minimum atomic E-state index is -0.370. The van der Waals surface area contributed by atoms with Crippen LogP contribution >= 0.6 is 0 Å². The standard InChI is InChI=1S/C21H14F2N6/c22-16-6-2-1-5-15(16)21-24-18-9-10-28(13-19(18)25-21)11-14-12-29(27-26-14)20-8-4-3-7-17(20)23/h1-10,12-13H,11H2. The second kappa shape index (κ2) is 6.90. The van der Waals surface area contributed by atoms with Crippen molar-refractivity contribution in [1.29, 1.82) is 0 Å². The highest BCUT2D eigenvalue weighted by atomic mass is 19.1. The number of para-hydroxylation sites is 1. The van der Waals surface area contributed by atoms with Crippen molar-refractivity contribution in [2.75, 3.05) is 0 Å². The number of hydrogen-bond acceptors (Lipinski definition) is 4. The lowest BCUT2D eigenvalue weighted by Gasteiger charge is -2.05. The third-order valence-corrected chi connectivity index (χ3v) is 4.53. The van der Waals surface area contributed by atoms with Gasteiger partial charge in [-0.05, 0) is 30.3 Å². The number of benzene rings is 2. The molecule has 0 saturated heterocycles. The van der Waals surface area contributed by atoms with Crippen LogP contribution in [0.25, 0.3) is 28.5 Å². The molecule has 2 aliphatic heterocycles. The van der Waals surface area contributed by atoms with Gasteiger partial charge in [-0.15, -0.1) is 5.10 Å². The van der Waals surface area contributed by atoms with E-state index in [0.29, 0.717) is 40.7 Å². The van der Waals surface area contributed by atoms with Crippen LogP contribution < -0.4 is 0 Å². The zero-order valence-corrected chi connectivity index (χ0v) is 15.1. The Labute approximate surface area is 164 Å². The number of imidazole rings is 1. The van der Waals surface area contributed by atoms with Gasteiger partial charge < -0.3 is 4.57 Å². The molecule has 3 aromatic rings. The highest BCUT2D eigenvalue weighted by molar-refractivity contribution is 5.65. The summed E-state index contributed by atoms with van der Waals surface area (Å²) in [5.41, 5.74) is 2.68. The molecule has 5 rings (SSSR count). The summed E-state index contributed by atoms with van der Waals surface area (Å²) < 4.78 is 31.2. The highest BCUT2D eigenvalue weighted by Crippen LogP contribution is 2.26. The van der Waals surface area contributed by atoms with Crippen LogP contribution in [0.1, 0.15) is 5.69 Å².